The summed E-state index contributed by atoms with van der Waals surface area (Å²) in [5.74, 6) is 0.711. The van der Waals surface area contributed by atoms with Gasteiger partial charge in [0, 0.05) is 9.86 Å². The highest BCUT2D eigenvalue weighted by Gasteiger charge is 2.12. The normalized spacial score (nSPS) is 11.1. The lowest BCUT2D eigenvalue weighted by Gasteiger charge is -2.05. The Morgan fingerprint density at radius 2 is 2.11 bits per heavy atom. The molecule has 2 heterocycles. The van der Waals surface area contributed by atoms with Crippen LogP contribution in [0.4, 0.5) is 0 Å². The highest BCUT2D eigenvalue weighted by molar-refractivity contribution is 9.10. The second-order valence-corrected chi connectivity index (χ2v) is 6.32. The van der Waals surface area contributed by atoms with Crippen molar-refractivity contribution in [2.45, 2.75) is 13.3 Å². The first-order chi connectivity index (χ1) is 9.19. The maximum absolute atomic E-state index is 6.27. The lowest BCUT2D eigenvalue weighted by Crippen LogP contribution is -1.92. The molecule has 0 spiro atoms. The van der Waals surface area contributed by atoms with Gasteiger partial charge in [0.25, 0.3) is 0 Å². The summed E-state index contributed by atoms with van der Waals surface area (Å²) >= 11 is 11.4. The number of thiophene rings is 1. The Bertz CT molecular complexity index is 754. The molecule has 0 atom stereocenters. The Balaban J connectivity index is 2.25. The Hall–Kier alpha value is -0.970. The van der Waals surface area contributed by atoms with Crippen molar-refractivity contribution in [3.63, 3.8) is 0 Å². The van der Waals surface area contributed by atoms with Gasteiger partial charge in [-0.2, -0.15) is 0 Å². The van der Waals surface area contributed by atoms with E-state index in [4.69, 9.17) is 11.6 Å². The van der Waals surface area contributed by atoms with E-state index in [0.717, 1.165) is 26.7 Å². The van der Waals surface area contributed by atoms with Gasteiger partial charge in [-0.05, 0) is 41.6 Å². The zero-order valence-corrected chi connectivity index (χ0v) is 13.3. The predicted octanol–water partition coefficient (Wildman–Crippen LogP) is 5.34. The van der Waals surface area contributed by atoms with Gasteiger partial charge in [0.05, 0.1) is 10.4 Å². The molecule has 96 valence electrons. The number of aryl methyl sites for hydroxylation is 1. The van der Waals surface area contributed by atoms with E-state index in [1.165, 1.54) is 5.56 Å². The highest BCUT2D eigenvalue weighted by atomic mass is 79.9. The molecule has 0 aliphatic carbocycles. The average molecular weight is 354 g/mol. The summed E-state index contributed by atoms with van der Waals surface area (Å²) in [7, 11) is 0. The third-order valence-corrected chi connectivity index (χ3v) is 4.68. The fraction of sp³-hybridized carbons (Fsp3) is 0.143. The fourth-order valence-electron chi connectivity index (χ4n) is 1.98. The van der Waals surface area contributed by atoms with E-state index in [0.29, 0.717) is 11.0 Å². The van der Waals surface area contributed by atoms with E-state index in [-0.39, 0.29) is 0 Å². The molecule has 0 N–H and O–H groups in total. The number of nitrogens with zero attached hydrogens (tertiary/aromatic N) is 2. The van der Waals surface area contributed by atoms with E-state index in [2.05, 4.69) is 44.3 Å². The summed E-state index contributed by atoms with van der Waals surface area (Å²) in [6, 6.07) is 7.95. The van der Waals surface area contributed by atoms with Crippen molar-refractivity contribution >= 4 is 49.8 Å². The predicted molar refractivity (Wildman–Crippen MR) is 84.9 cm³/mol. The van der Waals surface area contributed by atoms with Crippen LogP contribution in [0.3, 0.4) is 0 Å². The zero-order valence-electron chi connectivity index (χ0n) is 10.2. The summed E-state index contributed by atoms with van der Waals surface area (Å²) in [6.45, 7) is 2.13. The molecule has 3 aromatic rings. The van der Waals surface area contributed by atoms with Crippen LogP contribution in [0.5, 0.6) is 0 Å². The van der Waals surface area contributed by atoms with Crippen LogP contribution in [0.2, 0.25) is 5.15 Å². The van der Waals surface area contributed by atoms with Gasteiger partial charge in [-0.3, -0.25) is 0 Å². The molecule has 0 fully saturated rings. The highest BCUT2D eigenvalue weighted by Crippen LogP contribution is 2.31. The minimum Gasteiger partial charge on any atom is -0.227 e. The minimum absolute atomic E-state index is 0.503. The van der Waals surface area contributed by atoms with Gasteiger partial charge in [0.1, 0.15) is 5.15 Å². The Kier molecular flexibility index (Phi) is 3.56. The Morgan fingerprint density at radius 1 is 1.26 bits per heavy atom. The van der Waals surface area contributed by atoms with Crippen molar-refractivity contribution in [1.29, 1.82) is 0 Å². The fourth-order valence-corrected chi connectivity index (χ4v) is 3.49. The zero-order chi connectivity index (χ0) is 13.4. The first-order valence-electron chi connectivity index (χ1n) is 5.88. The summed E-state index contributed by atoms with van der Waals surface area (Å²) in [5, 5.41) is 3.45. The molecule has 5 heteroatoms. The van der Waals surface area contributed by atoms with Gasteiger partial charge in [0.2, 0.25) is 0 Å². The van der Waals surface area contributed by atoms with E-state index in [1.54, 1.807) is 11.3 Å². The van der Waals surface area contributed by atoms with E-state index < -0.39 is 0 Å². The van der Waals surface area contributed by atoms with Crippen LogP contribution in [0, 0.1) is 0 Å². The van der Waals surface area contributed by atoms with Crippen molar-refractivity contribution in [1.82, 2.24) is 9.97 Å². The Morgan fingerprint density at radius 3 is 2.89 bits per heavy atom. The van der Waals surface area contributed by atoms with Gasteiger partial charge in [-0.15, -0.1) is 11.3 Å². The minimum atomic E-state index is 0.503. The molecule has 0 aliphatic rings. The molecule has 19 heavy (non-hydrogen) atoms. The number of aromatic nitrogens is 2. The SMILES string of the molecule is CCc1ccsc1-c1nc(Cl)c2ccc(Br)cc2n1. The number of halogens is 2. The lowest BCUT2D eigenvalue weighted by atomic mass is 10.2. The van der Waals surface area contributed by atoms with Gasteiger partial charge >= 0.3 is 0 Å². The lowest BCUT2D eigenvalue weighted by molar-refractivity contribution is 1.14. The second-order valence-electron chi connectivity index (χ2n) is 4.13. The number of fused-ring (bicyclic) bond motifs is 1. The van der Waals surface area contributed by atoms with Crippen molar-refractivity contribution in [2.24, 2.45) is 0 Å². The molecule has 2 nitrogen and oxygen atoms in total. The number of benzene rings is 1. The van der Waals surface area contributed by atoms with Crippen molar-refractivity contribution in [3.8, 4) is 10.7 Å². The molecule has 0 unspecified atom stereocenters. The molecule has 0 radical (unpaired) electrons. The van der Waals surface area contributed by atoms with E-state index in [1.807, 2.05) is 18.2 Å². The van der Waals surface area contributed by atoms with Gasteiger partial charge in [0.15, 0.2) is 5.82 Å². The third-order valence-electron chi connectivity index (χ3n) is 2.94. The second kappa shape index (κ2) is 5.19. The van der Waals surface area contributed by atoms with Crippen LogP contribution in [-0.2, 0) is 6.42 Å². The molecule has 0 amide bonds. The quantitative estimate of drug-likeness (QED) is 0.581. The van der Waals surface area contributed by atoms with Crippen LogP contribution in [0.1, 0.15) is 12.5 Å². The van der Waals surface area contributed by atoms with Crippen LogP contribution >= 0.6 is 38.9 Å². The first-order valence-corrected chi connectivity index (χ1v) is 7.93. The van der Waals surface area contributed by atoms with Gasteiger partial charge in [-0.25, -0.2) is 9.97 Å². The third kappa shape index (κ3) is 2.40. The van der Waals surface area contributed by atoms with Crippen LogP contribution < -0.4 is 0 Å². The van der Waals surface area contributed by atoms with Crippen LogP contribution in [-0.4, -0.2) is 9.97 Å². The number of rotatable bonds is 2. The molecule has 3 rings (SSSR count). The molecule has 0 saturated heterocycles. The summed E-state index contributed by atoms with van der Waals surface area (Å²) in [5.41, 5.74) is 2.12. The molecule has 0 saturated carbocycles. The molecular weight excluding hydrogens is 344 g/mol. The monoisotopic (exact) mass is 352 g/mol. The Labute approximate surface area is 128 Å². The standard InChI is InChI=1S/C14H10BrClN2S/c1-2-8-5-6-19-12(8)14-17-11-7-9(15)3-4-10(11)13(16)18-14/h3-7H,2H2,1H3. The summed E-state index contributed by atoms with van der Waals surface area (Å²) in [4.78, 5) is 10.2. The van der Waals surface area contributed by atoms with E-state index >= 15 is 0 Å². The van der Waals surface area contributed by atoms with Crippen molar-refractivity contribution < 1.29 is 0 Å². The van der Waals surface area contributed by atoms with Gasteiger partial charge < -0.3 is 0 Å². The summed E-state index contributed by atoms with van der Waals surface area (Å²) < 4.78 is 0.989. The molecule has 0 bridgehead atoms. The average Bonchev–Trinajstić information content (AvgIpc) is 2.86. The number of hydrogen-bond acceptors (Lipinski definition) is 3. The first kappa shape index (κ1) is 13.0. The molecule has 0 aliphatic heterocycles. The topological polar surface area (TPSA) is 25.8 Å². The maximum atomic E-state index is 6.27. The van der Waals surface area contributed by atoms with Crippen LogP contribution in [0.15, 0.2) is 34.1 Å². The number of hydrogen-bond donors (Lipinski definition) is 0. The molecular formula is C14H10BrClN2S. The largest absolute Gasteiger partial charge is 0.227 e. The van der Waals surface area contributed by atoms with Crippen LogP contribution in [0.25, 0.3) is 21.6 Å². The van der Waals surface area contributed by atoms with E-state index in [9.17, 15) is 0 Å². The van der Waals surface area contributed by atoms with Gasteiger partial charge in [-0.1, -0.05) is 34.5 Å². The molecule has 1 aromatic carbocycles. The maximum Gasteiger partial charge on any atom is 0.171 e. The smallest absolute Gasteiger partial charge is 0.171 e. The van der Waals surface area contributed by atoms with Crippen molar-refractivity contribution in [3.05, 3.63) is 44.8 Å². The summed E-state index contributed by atoms with van der Waals surface area (Å²) in [6.07, 6.45) is 0.969. The molecule has 2 aromatic heterocycles. The van der Waals surface area contributed by atoms with Crippen molar-refractivity contribution in [2.75, 3.05) is 0 Å².